The molecule has 1 N–H and O–H groups in total. The van der Waals surface area contributed by atoms with Gasteiger partial charge in [0.1, 0.15) is 5.75 Å². The first kappa shape index (κ1) is 23.3. The third-order valence-electron chi connectivity index (χ3n) is 5.14. The summed E-state index contributed by atoms with van der Waals surface area (Å²) in [5.74, 6) is 1.43. The molecule has 11 heteroatoms. The molecule has 2 aromatic rings. The molecule has 0 spiro atoms. The summed E-state index contributed by atoms with van der Waals surface area (Å²) >= 11 is 0.844. The van der Waals surface area contributed by atoms with E-state index in [1.165, 1.54) is 27.4 Å². The number of fused-ring (bicyclic) bond motifs is 1. The molecule has 0 unspecified atom stereocenters. The van der Waals surface area contributed by atoms with Gasteiger partial charge in [0.2, 0.25) is 6.79 Å². The summed E-state index contributed by atoms with van der Waals surface area (Å²) in [6, 6.07) is 8.31. The molecule has 3 amide bonds. The molecule has 0 aliphatic carbocycles. The normalized spacial score (nSPS) is 15.6. The molecule has 34 heavy (non-hydrogen) atoms. The molecule has 10 nitrogen and oxygen atoms in total. The van der Waals surface area contributed by atoms with Gasteiger partial charge in [0.15, 0.2) is 23.0 Å². The number of nitrogens with one attached hydrogen (secondary N) is 1. The van der Waals surface area contributed by atoms with Gasteiger partial charge in [-0.15, -0.1) is 0 Å². The second-order valence-electron chi connectivity index (χ2n) is 7.11. The van der Waals surface area contributed by atoms with Crippen molar-refractivity contribution in [2.75, 3.05) is 41.2 Å². The Morgan fingerprint density at radius 3 is 2.47 bits per heavy atom. The Balaban J connectivity index is 1.40. The maximum Gasteiger partial charge on any atom is 0.293 e. The van der Waals surface area contributed by atoms with Crippen molar-refractivity contribution in [2.45, 2.75) is 0 Å². The van der Waals surface area contributed by atoms with E-state index in [1.807, 2.05) is 0 Å². The van der Waals surface area contributed by atoms with Gasteiger partial charge in [-0.3, -0.25) is 19.3 Å². The number of ether oxygens (including phenoxy) is 5. The lowest BCUT2D eigenvalue weighted by Gasteiger charge is -2.15. The number of methoxy groups -OCH3 is 3. The first-order valence-electron chi connectivity index (χ1n) is 10.2. The minimum absolute atomic E-state index is 0.0183. The maximum atomic E-state index is 12.8. The summed E-state index contributed by atoms with van der Waals surface area (Å²) in [5.41, 5.74) is 0.945. The van der Waals surface area contributed by atoms with Gasteiger partial charge in [0, 0.05) is 25.2 Å². The Hall–Kier alpha value is -3.86. The molecule has 2 heterocycles. The highest BCUT2D eigenvalue weighted by Crippen LogP contribution is 2.36. The second-order valence-corrected chi connectivity index (χ2v) is 8.10. The Morgan fingerprint density at radius 2 is 1.74 bits per heavy atom. The Morgan fingerprint density at radius 1 is 1.03 bits per heavy atom. The van der Waals surface area contributed by atoms with Crippen LogP contribution in [0.1, 0.15) is 15.9 Å². The first-order valence-corrected chi connectivity index (χ1v) is 11.0. The third-order valence-corrected chi connectivity index (χ3v) is 6.05. The number of hydrogen-bond acceptors (Lipinski definition) is 9. The smallest absolute Gasteiger partial charge is 0.293 e. The molecule has 0 aromatic heterocycles. The van der Waals surface area contributed by atoms with E-state index in [9.17, 15) is 14.4 Å². The van der Waals surface area contributed by atoms with E-state index in [0.717, 1.165) is 16.7 Å². The van der Waals surface area contributed by atoms with E-state index in [0.29, 0.717) is 34.3 Å². The Bertz CT molecular complexity index is 1180. The van der Waals surface area contributed by atoms with Crippen LogP contribution in [0.4, 0.5) is 4.79 Å². The van der Waals surface area contributed by atoms with Gasteiger partial charge < -0.3 is 29.0 Å². The van der Waals surface area contributed by atoms with Gasteiger partial charge >= 0.3 is 0 Å². The highest BCUT2D eigenvalue weighted by atomic mass is 32.2. The van der Waals surface area contributed by atoms with Crippen molar-refractivity contribution in [1.82, 2.24) is 10.2 Å². The lowest BCUT2D eigenvalue weighted by atomic mass is 10.1. The van der Waals surface area contributed by atoms with E-state index in [4.69, 9.17) is 23.7 Å². The number of nitrogens with zero attached hydrogens (tertiary/aromatic N) is 1. The summed E-state index contributed by atoms with van der Waals surface area (Å²) in [6.45, 7) is 0.229. The number of thioether (sulfide) groups is 1. The van der Waals surface area contributed by atoms with E-state index in [1.54, 1.807) is 30.3 Å². The van der Waals surface area contributed by atoms with E-state index < -0.39 is 17.1 Å². The van der Waals surface area contributed by atoms with Gasteiger partial charge in [-0.05, 0) is 35.5 Å². The predicted molar refractivity (Wildman–Crippen MR) is 124 cm³/mol. The lowest BCUT2D eigenvalue weighted by molar-refractivity contribution is -0.122. The minimum atomic E-state index is -0.444. The quantitative estimate of drug-likeness (QED) is 0.563. The molecule has 2 aromatic carbocycles. The average molecular weight is 487 g/mol. The highest BCUT2D eigenvalue weighted by Gasteiger charge is 2.35. The number of imide groups is 1. The number of benzene rings is 2. The zero-order chi connectivity index (χ0) is 24.2. The van der Waals surface area contributed by atoms with Crippen molar-refractivity contribution < 1.29 is 38.1 Å². The number of carbonyl (C=O) groups excluding carboxylic acids is 3. The van der Waals surface area contributed by atoms with Crippen LogP contribution in [0, 0.1) is 0 Å². The fourth-order valence-electron chi connectivity index (χ4n) is 3.43. The first-order chi connectivity index (χ1) is 16.4. The fraction of sp³-hybridized carbons (Fsp3) is 0.261. The van der Waals surface area contributed by atoms with Gasteiger partial charge in [-0.2, -0.15) is 0 Å². The zero-order valence-electron chi connectivity index (χ0n) is 18.7. The topological polar surface area (TPSA) is 113 Å². The van der Waals surface area contributed by atoms with Gasteiger partial charge in [0.05, 0.1) is 31.8 Å². The van der Waals surface area contributed by atoms with E-state index in [2.05, 4.69) is 5.32 Å². The molecular weight excluding hydrogens is 464 g/mol. The number of amides is 3. The summed E-state index contributed by atoms with van der Waals surface area (Å²) in [5, 5.41) is 2.30. The molecule has 1 fully saturated rings. The van der Waals surface area contributed by atoms with Crippen molar-refractivity contribution in [2.24, 2.45) is 0 Å². The van der Waals surface area contributed by atoms with Crippen LogP contribution >= 0.6 is 11.8 Å². The molecule has 0 bridgehead atoms. The minimum Gasteiger partial charge on any atom is -0.496 e. The summed E-state index contributed by atoms with van der Waals surface area (Å²) in [4.78, 5) is 39.2. The molecule has 2 aliphatic rings. The van der Waals surface area contributed by atoms with Crippen LogP contribution in [0.5, 0.6) is 28.7 Å². The third kappa shape index (κ3) is 4.60. The Labute approximate surface area is 199 Å². The monoisotopic (exact) mass is 486 g/mol. The highest BCUT2D eigenvalue weighted by molar-refractivity contribution is 8.18. The van der Waals surface area contributed by atoms with Gasteiger partial charge in [0.25, 0.3) is 17.1 Å². The van der Waals surface area contributed by atoms with Crippen LogP contribution in [0.2, 0.25) is 0 Å². The Kier molecular flexibility index (Phi) is 6.82. The van der Waals surface area contributed by atoms with Crippen LogP contribution < -0.4 is 29.0 Å². The molecular formula is C23H22N2O8S. The van der Waals surface area contributed by atoms with Crippen molar-refractivity contribution in [1.29, 1.82) is 0 Å². The van der Waals surface area contributed by atoms with Crippen LogP contribution in [0.3, 0.4) is 0 Å². The number of rotatable bonds is 8. The zero-order valence-corrected chi connectivity index (χ0v) is 19.5. The van der Waals surface area contributed by atoms with Gasteiger partial charge in [-0.25, -0.2) is 0 Å². The van der Waals surface area contributed by atoms with Crippen molar-refractivity contribution >= 4 is 34.9 Å². The fourth-order valence-corrected chi connectivity index (χ4v) is 4.30. The van der Waals surface area contributed by atoms with Crippen molar-refractivity contribution in [3.8, 4) is 28.7 Å². The molecule has 0 atom stereocenters. The standard InChI is InChI=1S/C23H22N2O8S/c1-29-16-11-18(31-3)17(30-2)10-14(16)21(26)24-6-7-25-22(27)20(34-23(25)28)9-13-4-5-15-19(8-13)33-12-32-15/h4-5,8-11H,6-7,12H2,1-3H3,(H,24,26)/b20-9-. The second kappa shape index (κ2) is 9.96. The number of hydrogen-bond donors (Lipinski definition) is 1. The SMILES string of the molecule is COc1cc(OC)c(C(=O)NCCN2C(=O)S/C(=C\c3ccc4c(c3)OCO4)C2=O)cc1OC. The van der Waals surface area contributed by atoms with Crippen LogP contribution in [0.15, 0.2) is 35.2 Å². The number of carbonyl (C=O) groups is 3. The molecule has 2 aliphatic heterocycles. The molecule has 0 radical (unpaired) electrons. The van der Waals surface area contributed by atoms with Crippen LogP contribution in [-0.2, 0) is 4.79 Å². The molecule has 0 saturated carbocycles. The predicted octanol–water partition coefficient (Wildman–Crippen LogP) is 2.91. The molecule has 1 saturated heterocycles. The molecule has 4 rings (SSSR count). The maximum absolute atomic E-state index is 12.8. The molecule has 178 valence electrons. The largest absolute Gasteiger partial charge is 0.496 e. The lowest BCUT2D eigenvalue weighted by Crippen LogP contribution is -2.37. The van der Waals surface area contributed by atoms with E-state index in [-0.39, 0.29) is 30.4 Å². The average Bonchev–Trinajstić information content (AvgIpc) is 3.42. The summed E-state index contributed by atoms with van der Waals surface area (Å²) in [7, 11) is 4.38. The van der Waals surface area contributed by atoms with Crippen LogP contribution in [0.25, 0.3) is 6.08 Å². The summed E-state index contributed by atoms with van der Waals surface area (Å²) in [6.07, 6.45) is 1.62. The van der Waals surface area contributed by atoms with Crippen LogP contribution in [-0.4, -0.2) is 63.2 Å². The van der Waals surface area contributed by atoms with Crippen molar-refractivity contribution in [3.05, 3.63) is 46.4 Å². The summed E-state index contributed by atoms with van der Waals surface area (Å²) < 4.78 is 26.4. The van der Waals surface area contributed by atoms with Gasteiger partial charge in [-0.1, -0.05) is 6.07 Å². The van der Waals surface area contributed by atoms with E-state index >= 15 is 0 Å². The van der Waals surface area contributed by atoms with Crippen molar-refractivity contribution in [3.63, 3.8) is 0 Å².